The lowest BCUT2D eigenvalue weighted by Crippen LogP contribution is -2.57. The Labute approximate surface area is 353 Å². The van der Waals surface area contributed by atoms with Gasteiger partial charge in [0, 0.05) is 38.4 Å². The van der Waals surface area contributed by atoms with Crippen LogP contribution in [0.5, 0.6) is 0 Å². The number of alkyl carbamates (subject to hydrolysis) is 1. The maximum Gasteiger partial charge on any atom is 0.407 e. The average molecular weight is 833 g/mol. The molecule has 4 rings (SSSR count). The van der Waals surface area contributed by atoms with Crippen LogP contribution in [0.25, 0.3) is 10.4 Å². The predicted molar refractivity (Wildman–Crippen MR) is 230 cm³/mol. The van der Waals surface area contributed by atoms with Crippen molar-refractivity contribution in [2.45, 2.75) is 149 Å². The minimum atomic E-state index is -0.879. The monoisotopic (exact) mass is 832 g/mol. The van der Waals surface area contributed by atoms with E-state index in [1.165, 1.54) is 10.5 Å². The molecular weight excluding hydrogens is 769 g/mol. The number of aliphatic hydroxyl groups excluding tert-OH is 1. The van der Waals surface area contributed by atoms with Gasteiger partial charge in [0.05, 0.1) is 22.2 Å². The number of aliphatic hydroxyl groups is 1. The molecule has 0 spiro atoms. The molecule has 14 heteroatoms. The number of ether oxygens (including phenoxy) is 1. The van der Waals surface area contributed by atoms with E-state index in [1.807, 2.05) is 69.6 Å². The lowest BCUT2D eigenvalue weighted by Gasteiger charge is -2.35. The zero-order valence-electron chi connectivity index (χ0n) is 35.8. The summed E-state index contributed by atoms with van der Waals surface area (Å²) in [5.74, 6) is -1.38. The number of primary amides is 1. The van der Waals surface area contributed by atoms with E-state index in [0.717, 1.165) is 46.5 Å². The Hall–Kier alpha value is -4.82. The minimum absolute atomic E-state index is 0.0162. The third kappa shape index (κ3) is 15.4. The molecule has 322 valence electrons. The Kier molecular flexibility index (Phi) is 17.0. The molecule has 0 radical (unpaired) electrons. The Morgan fingerprint density at radius 3 is 2.24 bits per heavy atom. The van der Waals surface area contributed by atoms with Crippen LogP contribution in [0.3, 0.4) is 0 Å². The molecule has 5 amide bonds. The van der Waals surface area contributed by atoms with Crippen molar-refractivity contribution >= 4 is 41.1 Å². The molecule has 1 aromatic heterocycles. The summed E-state index contributed by atoms with van der Waals surface area (Å²) in [4.78, 5) is 71.3. The molecule has 1 fully saturated rings. The van der Waals surface area contributed by atoms with Crippen molar-refractivity contribution < 1.29 is 33.8 Å². The summed E-state index contributed by atoms with van der Waals surface area (Å²) >= 11 is 1.58. The number of likely N-dealkylation sites (tertiary alicyclic amines) is 1. The molecule has 6 N–H and O–H groups in total. The number of aryl methyl sites for hydroxylation is 3. The summed E-state index contributed by atoms with van der Waals surface area (Å²) in [6.45, 7) is 13.3. The van der Waals surface area contributed by atoms with Crippen LogP contribution >= 0.6 is 11.3 Å². The van der Waals surface area contributed by atoms with Crippen LogP contribution in [-0.2, 0) is 43.3 Å². The summed E-state index contributed by atoms with van der Waals surface area (Å²) in [6.07, 6.45) is 4.09. The number of carbonyl (C=O) groups excluding carboxylic acids is 5. The molecule has 0 bridgehead atoms. The van der Waals surface area contributed by atoms with Crippen molar-refractivity contribution in [1.82, 2.24) is 25.8 Å². The summed E-state index contributed by atoms with van der Waals surface area (Å²) in [6, 6.07) is 14.2. The van der Waals surface area contributed by atoms with Crippen molar-refractivity contribution in [3.05, 3.63) is 76.4 Å². The maximum atomic E-state index is 14.0. The number of amides is 5. The first-order chi connectivity index (χ1) is 27.8. The fourth-order valence-corrected chi connectivity index (χ4v) is 7.98. The van der Waals surface area contributed by atoms with E-state index in [0.29, 0.717) is 25.7 Å². The van der Waals surface area contributed by atoms with E-state index < -0.39 is 41.2 Å². The summed E-state index contributed by atoms with van der Waals surface area (Å²) in [5.41, 5.74) is 11.1. The smallest absolute Gasteiger partial charge is 0.407 e. The number of β-amino-alcohol motifs (C(OH)–C–C–N with tert-alkyl or cyclic N) is 1. The molecule has 2 aromatic carbocycles. The number of thiazole rings is 1. The van der Waals surface area contributed by atoms with Gasteiger partial charge in [-0.2, -0.15) is 0 Å². The van der Waals surface area contributed by atoms with Gasteiger partial charge in [0.25, 0.3) is 0 Å². The third-order valence-electron chi connectivity index (χ3n) is 10.3. The second-order valence-corrected chi connectivity index (χ2v) is 18.6. The lowest BCUT2D eigenvalue weighted by molar-refractivity contribution is -0.144. The molecule has 0 saturated carbocycles. The molecule has 59 heavy (non-hydrogen) atoms. The zero-order valence-corrected chi connectivity index (χ0v) is 36.6. The largest absolute Gasteiger partial charge is 0.444 e. The highest BCUT2D eigenvalue weighted by molar-refractivity contribution is 7.13. The first-order valence-corrected chi connectivity index (χ1v) is 21.6. The fourth-order valence-electron chi connectivity index (χ4n) is 7.17. The number of hydrogen-bond acceptors (Lipinski definition) is 9. The highest BCUT2D eigenvalue weighted by Gasteiger charge is 2.44. The van der Waals surface area contributed by atoms with Gasteiger partial charge in [-0.3, -0.25) is 19.2 Å². The first-order valence-electron chi connectivity index (χ1n) is 20.7. The molecule has 3 aromatic rings. The van der Waals surface area contributed by atoms with Gasteiger partial charge in [-0.25, -0.2) is 9.78 Å². The average Bonchev–Trinajstić information content (AvgIpc) is 3.77. The highest BCUT2D eigenvalue weighted by Crippen LogP contribution is 2.28. The number of nitrogens with two attached hydrogens (primary N) is 1. The molecule has 1 aliphatic rings. The van der Waals surface area contributed by atoms with Crippen LogP contribution in [0, 0.1) is 12.3 Å². The Morgan fingerprint density at radius 2 is 1.61 bits per heavy atom. The number of nitrogens with zero attached hydrogens (tertiary/aromatic N) is 2. The Morgan fingerprint density at radius 1 is 0.915 bits per heavy atom. The van der Waals surface area contributed by atoms with E-state index in [-0.39, 0.29) is 56.1 Å². The Bertz CT molecular complexity index is 1880. The number of unbranched alkanes of at least 4 members (excludes halogenated alkanes) is 2. The van der Waals surface area contributed by atoms with Crippen LogP contribution in [0.15, 0.2) is 54.0 Å². The van der Waals surface area contributed by atoms with E-state index in [1.54, 1.807) is 32.1 Å². The molecule has 13 nitrogen and oxygen atoms in total. The molecule has 1 saturated heterocycles. The van der Waals surface area contributed by atoms with Gasteiger partial charge in [0.2, 0.25) is 23.6 Å². The van der Waals surface area contributed by atoms with Crippen LogP contribution in [0.4, 0.5) is 4.79 Å². The van der Waals surface area contributed by atoms with E-state index in [2.05, 4.69) is 33.1 Å². The maximum absolute atomic E-state index is 14.0. The van der Waals surface area contributed by atoms with Crippen molar-refractivity contribution in [2.75, 3.05) is 6.54 Å². The van der Waals surface area contributed by atoms with Gasteiger partial charge in [-0.05, 0) is 93.9 Å². The van der Waals surface area contributed by atoms with Gasteiger partial charge in [-0.15, -0.1) is 11.3 Å². The fraction of sp³-hybridized carbons (Fsp3) is 0.556. The van der Waals surface area contributed by atoms with Gasteiger partial charge in [0.1, 0.15) is 17.7 Å². The third-order valence-corrected chi connectivity index (χ3v) is 11.3. The van der Waals surface area contributed by atoms with E-state index in [9.17, 15) is 29.1 Å². The second-order valence-electron chi connectivity index (χ2n) is 17.7. The van der Waals surface area contributed by atoms with Gasteiger partial charge < -0.3 is 36.4 Å². The molecule has 0 aliphatic carbocycles. The first kappa shape index (κ1) is 46.9. The minimum Gasteiger partial charge on any atom is -0.444 e. The van der Waals surface area contributed by atoms with Gasteiger partial charge in [-0.1, -0.05) is 75.7 Å². The molecular formula is C45H64N6O7S. The SMILES string of the molecule is Cc1ncsc1-c1ccc(CNC(=O)[C@@H]2C[C@@H](O)CN2C(=O)[C@@H](NC(=O)CCCCCc2cccc(CC[C@H](CCC(N)=O)NC(=O)OC(C)(C)C)c2)C(C)(C)C)cc1. The topological polar surface area (TPSA) is 193 Å². The number of carbonyl (C=O) groups is 5. The zero-order chi connectivity index (χ0) is 43.3. The van der Waals surface area contributed by atoms with E-state index in [4.69, 9.17) is 10.5 Å². The summed E-state index contributed by atoms with van der Waals surface area (Å²) in [5, 5.41) is 19.4. The quantitative estimate of drug-likeness (QED) is 0.0892. The molecule has 1 aliphatic heterocycles. The second kappa shape index (κ2) is 21.4. The number of benzene rings is 2. The van der Waals surface area contributed by atoms with Gasteiger partial charge in [0.15, 0.2) is 0 Å². The number of nitrogens with one attached hydrogen (secondary N) is 3. The summed E-state index contributed by atoms with van der Waals surface area (Å²) in [7, 11) is 0. The predicted octanol–water partition coefficient (Wildman–Crippen LogP) is 6.12. The standard InChI is InChI=1S/C45H64N6O7S/c1-29-39(59-28-48-29)33-19-16-32(17-20-33)26-47-41(55)36-25-35(52)27-51(36)42(56)40(44(2,3)4)50-38(54)15-10-8-9-12-30-13-11-14-31(24-30)18-21-34(22-23-37(46)53)49-43(57)58-45(5,6)7/h11,13-14,16-17,19-20,24,28,34-36,40,52H,8-10,12,15,18,21-23,25-27H2,1-7H3,(H2,46,53)(H,47,55)(H,49,57)(H,50,54)/t34-,35-,36+,40-/m1/s1. The van der Waals surface area contributed by atoms with Crippen molar-refractivity contribution in [2.24, 2.45) is 11.1 Å². The van der Waals surface area contributed by atoms with Crippen LogP contribution in [0.2, 0.25) is 0 Å². The highest BCUT2D eigenvalue weighted by atomic mass is 32.1. The van der Waals surface area contributed by atoms with E-state index >= 15 is 0 Å². The van der Waals surface area contributed by atoms with Gasteiger partial charge >= 0.3 is 6.09 Å². The molecule has 4 atom stereocenters. The van der Waals surface area contributed by atoms with Crippen molar-refractivity contribution in [3.8, 4) is 10.4 Å². The van der Waals surface area contributed by atoms with Crippen molar-refractivity contribution in [1.29, 1.82) is 0 Å². The Balaban J connectivity index is 1.23. The molecule has 2 heterocycles. The summed E-state index contributed by atoms with van der Waals surface area (Å²) < 4.78 is 5.41. The normalized spacial score (nSPS) is 16.6. The lowest BCUT2D eigenvalue weighted by atomic mass is 9.85. The number of hydrogen-bond donors (Lipinski definition) is 5. The van der Waals surface area contributed by atoms with Crippen molar-refractivity contribution in [3.63, 3.8) is 0 Å². The molecule has 0 unspecified atom stereocenters. The number of rotatable bonds is 19. The number of aromatic nitrogens is 1. The van der Waals surface area contributed by atoms with Crippen LogP contribution in [0.1, 0.15) is 115 Å². The van der Waals surface area contributed by atoms with Crippen LogP contribution < -0.4 is 21.7 Å². The van der Waals surface area contributed by atoms with Crippen LogP contribution in [-0.4, -0.2) is 81.1 Å².